The number of hydroxylamine groups is 1. The van der Waals surface area contributed by atoms with Crippen LogP contribution in [0.1, 0.15) is 11.7 Å². The first-order valence-corrected chi connectivity index (χ1v) is 4.99. The van der Waals surface area contributed by atoms with Crippen LogP contribution in [0.2, 0.25) is 0 Å². The highest BCUT2D eigenvalue weighted by Gasteiger charge is 2.42. The third-order valence-electron chi connectivity index (χ3n) is 2.99. The van der Waals surface area contributed by atoms with Gasteiger partial charge >= 0.3 is 0 Å². The van der Waals surface area contributed by atoms with Crippen LogP contribution in [-0.4, -0.2) is 19.3 Å². The molecule has 2 aliphatic rings. The Labute approximate surface area is 83.0 Å². The zero-order valence-corrected chi connectivity index (χ0v) is 7.85. The molecule has 0 aliphatic carbocycles. The Hall–Kier alpha value is -0.900. The third kappa shape index (κ3) is 1.25. The van der Waals surface area contributed by atoms with Crippen LogP contribution >= 0.6 is 0 Å². The van der Waals surface area contributed by atoms with Gasteiger partial charge in [-0.2, -0.15) is 5.48 Å². The van der Waals surface area contributed by atoms with Gasteiger partial charge in [-0.25, -0.2) is 0 Å². The molecule has 14 heavy (non-hydrogen) atoms. The van der Waals surface area contributed by atoms with Gasteiger partial charge < -0.3 is 4.74 Å². The number of rotatable bonds is 1. The van der Waals surface area contributed by atoms with E-state index in [-0.39, 0.29) is 6.10 Å². The molecule has 1 N–H and O–H groups in total. The van der Waals surface area contributed by atoms with Gasteiger partial charge in [0.25, 0.3) is 0 Å². The number of nitrogens with one attached hydrogen (secondary N) is 1. The van der Waals surface area contributed by atoms with Crippen molar-refractivity contribution in [3.05, 3.63) is 35.9 Å². The summed E-state index contributed by atoms with van der Waals surface area (Å²) in [5.41, 5.74) is 4.28. The van der Waals surface area contributed by atoms with Gasteiger partial charge in [0.05, 0.1) is 19.3 Å². The SMILES string of the molecule is c1ccc([C@@H]2ON[C@H]3COC[C@H]32)cc1. The van der Waals surface area contributed by atoms with Crippen LogP contribution in [0.25, 0.3) is 0 Å². The zero-order chi connectivity index (χ0) is 9.38. The van der Waals surface area contributed by atoms with Gasteiger partial charge in [-0.05, 0) is 5.56 Å². The Kier molecular flexibility index (Phi) is 2.01. The fourth-order valence-electron chi connectivity index (χ4n) is 2.20. The van der Waals surface area contributed by atoms with Crippen LogP contribution in [0.4, 0.5) is 0 Å². The molecule has 2 fully saturated rings. The first kappa shape index (κ1) is 8.41. The van der Waals surface area contributed by atoms with Gasteiger partial charge in [-0.15, -0.1) is 0 Å². The van der Waals surface area contributed by atoms with Crippen LogP contribution in [0.5, 0.6) is 0 Å². The molecule has 3 nitrogen and oxygen atoms in total. The van der Waals surface area contributed by atoms with E-state index in [0.29, 0.717) is 12.0 Å². The Bertz CT molecular complexity index is 314. The predicted octanol–water partition coefficient (Wildman–Crippen LogP) is 1.28. The summed E-state index contributed by atoms with van der Waals surface area (Å²) in [4.78, 5) is 5.58. The Morgan fingerprint density at radius 3 is 2.86 bits per heavy atom. The quantitative estimate of drug-likeness (QED) is 0.725. The second-order valence-corrected chi connectivity index (χ2v) is 3.87. The minimum absolute atomic E-state index is 0.156. The van der Waals surface area contributed by atoms with Gasteiger partial charge in [-0.1, -0.05) is 30.3 Å². The van der Waals surface area contributed by atoms with Crippen molar-refractivity contribution in [2.75, 3.05) is 13.2 Å². The average Bonchev–Trinajstić information content (AvgIpc) is 2.79. The van der Waals surface area contributed by atoms with E-state index < -0.39 is 0 Å². The van der Waals surface area contributed by atoms with Crippen LogP contribution in [0, 0.1) is 5.92 Å². The Morgan fingerprint density at radius 2 is 2.00 bits per heavy atom. The zero-order valence-electron chi connectivity index (χ0n) is 7.85. The smallest absolute Gasteiger partial charge is 0.111 e. The lowest BCUT2D eigenvalue weighted by Crippen LogP contribution is -2.25. The maximum atomic E-state index is 5.58. The normalized spacial score (nSPS) is 35.9. The van der Waals surface area contributed by atoms with E-state index in [4.69, 9.17) is 9.57 Å². The molecule has 2 saturated heterocycles. The molecule has 74 valence electrons. The van der Waals surface area contributed by atoms with Crippen molar-refractivity contribution in [2.24, 2.45) is 5.92 Å². The molecule has 3 atom stereocenters. The van der Waals surface area contributed by atoms with Crippen molar-refractivity contribution in [1.29, 1.82) is 0 Å². The monoisotopic (exact) mass is 191 g/mol. The first-order chi connectivity index (χ1) is 6.95. The predicted molar refractivity (Wildman–Crippen MR) is 51.5 cm³/mol. The van der Waals surface area contributed by atoms with Crippen LogP contribution in [0.15, 0.2) is 30.3 Å². The van der Waals surface area contributed by atoms with E-state index in [1.54, 1.807) is 0 Å². The van der Waals surface area contributed by atoms with Gasteiger partial charge in [0.2, 0.25) is 0 Å². The number of hydrogen-bond donors (Lipinski definition) is 1. The minimum Gasteiger partial charge on any atom is -0.379 e. The molecule has 0 bridgehead atoms. The molecule has 0 radical (unpaired) electrons. The molecule has 0 amide bonds. The lowest BCUT2D eigenvalue weighted by atomic mass is 9.93. The number of fused-ring (bicyclic) bond motifs is 1. The van der Waals surface area contributed by atoms with Gasteiger partial charge in [0.1, 0.15) is 6.10 Å². The molecular formula is C11H13NO2. The van der Waals surface area contributed by atoms with E-state index >= 15 is 0 Å². The highest BCUT2D eigenvalue weighted by Crippen LogP contribution is 2.36. The third-order valence-corrected chi connectivity index (χ3v) is 2.99. The van der Waals surface area contributed by atoms with Gasteiger partial charge in [-0.3, -0.25) is 4.84 Å². The highest BCUT2D eigenvalue weighted by molar-refractivity contribution is 5.20. The van der Waals surface area contributed by atoms with Crippen molar-refractivity contribution in [3.63, 3.8) is 0 Å². The van der Waals surface area contributed by atoms with E-state index in [1.807, 2.05) is 18.2 Å². The summed E-state index contributed by atoms with van der Waals surface area (Å²) < 4.78 is 5.42. The molecule has 3 heteroatoms. The van der Waals surface area contributed by atoms with Crippen LogP contribution in [0.3, 0.4) is 0 Å². The van der Waals surface area contributed by atoms with Crippen molar-refractivity contribution in [3.8, 4) is 0 Å². The van der Waals surface area contributed by atoms with Crippen LogP contribution < -0.4 is 5.48 Å². The molecule has 2 aliphatic heterocycles. The molecular weight excluding hydrogens is 178 g/mol. The summed E-state index contributed by atoms with van der Waals surface area (Å²) in [7, 11) is 0. The van der Waals surface area contributed by atoms with Crippen molar-refractivity contribution in [2.45, 2.75) is 12.1 Å². The van der Waals surface area contributed by atoms with E-state index in [0.717, 1.165) is 13.2 Å². The summed E-state index contributed by atoms with van der Waals surface area (Å²) in [6.07, 6.45) is 0.156. The van der Waals surface area contributed by atoms with E-state index in [2.05, 4.69) is 17.6 Å². The van der Waals surface area contributed by atoms with Crippen molar-refractivity contribution < 1.29 is 9.57 Å². The number of hydrogen-bond acceptors (Lipinski definition) is 3. The maximum absolute atomic E-state index is 5.58. The molecule has 0 aromatic heterocycles. The highest BCUT2D eigenvalue weighted by atomic mass is 16.7. The number of ether oxygens (including phenoxy) is 1. The molecule has 1 aromatic rings. The Morgan fingerprint density at radius 1 is 1.14 bits per heavy atom. The molecule has 2 heterocycles. The first-order valence-electron chi connectivity index (χ1n) is 4.99. The molecule has 0 saturated carbocycles. The standard InChI is InChI=1S/C11H13NO2/c1-2-4-8(5-3-1)11-9-6-13-7-10(9)12-14-11/h1-5,9-12H,6-7H2/t9-,10+,11+/m1/s1. The maximum Gasteiger partial charge on any atom is 0.111 e. The largest absolute Gasteiger partial charge is 0.379 e. The molecule has 0 unspecified atom stereocenters. The summed E-state index contributed by atoms with van der Waals surface area (Å²) in [5.74, 6) is 0.470. The Balaban J connectivity index is 1.86. The van der Waals surface area contributed by atoms with E-state index in [1.165, 1.54) is 5.56 Å². The van der Waals surface area contributed by atoms with Gasteiger partial charge in [0, 0.05) is 5.92 Å². The van der Waals surface area contributed by atoms with Crippen molar-refractivity contribution in [1.82, 2.24) is 5.48 Å². The average molecular weight is 191 g/mol. The fraction of sp³-hybridized carbons (Fsp3) is 0.455. The van der Waals surface area contributed by atoms with E-state index in [9.17, 15) is 0 Å². The summed E-state index contributed by atoms with van der Waals surface area (Å²) in [6.45, 7) is 1.57. The lowest BCUT2D eigenvalue weighted by molar-refractivity contribution is -0.00913. The van der Waals surface area contributed by atoms with Crippen LogP contribution in [-0.2, 0) is 9.57 Å². The molecule has 3 rings (SSSR count). The van der Waals surface area contributed by atoms with Gasteiger partial charge in [0.15, 0.2) is 0 Å². The lowest BCUT2D eigenvalue weighted by Gasteiger charge is -2.14. The second-order valence-electron chi connectivity index (χ2n) is 3.87. The summed E-state index contributed by atoms with van der Waals surface area (Å²) in [6, 6.07) is 10.7. The second kappa shape index (κ2) is 3.35. The summed E-state index contributed by atoms with van der Waals surface area (Å²) >= 11 is 0. The fourth-order valence-corrected chi connectivity index (χ4v) is 2.20. The topological polar surface area (TPSA) is 30.5 Å². The summed E-state index contributed by atoms with van der Waals surface area (Å²) in [5, 5.41) is 0. The molecule has 0 spiro atoms. The molecule has 1 aromatic carbocycles. The number of benzene rings is 1. The minimum atomic E-state index is 0.156. The van der Waals surface area contributed by atoms with Crippen molar-refractivity contribution >= 4 is 0 Å².